The van der Waals surface area contributed by atoms with E-state index in [0.29, 0.717) is 18.7 Å². The Morgan fingerprint density at radius 1 is 1.09 bits per heavy atom. The van der Waals surface area contributed by atoms with Gasteiger partial charge in [-0.1, -0.05) is 49.6 Å². The van der Waals surface area contributed by atoms with Crippen molar-refractivity contribution in [3.8, 4) is 0 Å². The number of rotatable bonds is 9. The maximum atomic E-state index is 14.3. The fourth-order valence-corrected chi connectivity index (χ4v) is 5.99. The molecule has 188 valence electrons. The third kappa shape index (κ3) is 6.27. The number of benzene rings is 2. The van der Waals surface area contributed by atoms with Crippen molar-refractivity contribution in [2.45, 2.75) is 57.5 Å². The van der Waals surface area contributed by atoms with E-state index in [1.807, 2.05) is 19.1 Å². The van der Waals surface area contributed by atoms with Gasteiger partial charge >= 0.3 is 0 Å². The molecular weight excluding hydrogens is 469 g/mol. The standard InChI is InChI=1S/C26H32FN3O4S/c1-19-8-5-6-13-23(19)25(26(32)28-21-10-3-2-4-11-21)30(22-12-7-9-20(27)18-22)24(31)14-17-35(33,34)29-15-16-29/h5-9,12-13,18,21,25H,2-4,10-11,14-17H2,1H3,(H,28,32). The molecule has 1 atom stereocenters. The maximum Gasteiger partial charge on any atom is 0.248 e. The van der Waals surface area contributed by atoms with Crippen LogP contribution in [0, 0.1) is 12.7 Å². The third-order valence-corrected chi connectivity index (χ3v) is 8.54. The van der Waals surface area contributed by atoms with Crippen molar-refractivity contribution in [1.29, 1.82) is 0 Å². The molecular formula is C26H32FN3O4S. The zero-order valence-electron chi connectivity index (χ0n) is 20.0. The number of carbonyl (C=O) groups is 2. The Kier molecular flexibility index (Phi) is 7.86. The zero-order valence-corrected chi connectivity index (χ0v) is 20.8. The first-order valence-corrected chi connectivity index (χ1v) is 13.8. The first kappa shape index (κ1) is 25.3. The Bertz CT molecular complexity index is 1180. The molecule has 9 heteroatoms. The molecule has 2 aromatic rings. The molecule has 1 heterocycles. The van der Waals surface area contributed by atoms with Crippen LogP contribution in [0.4, 0.5) is 10.1 Å². The van der Waals surface area contributed by atoms with Crippen molar-refractivity contribution in [3.05, 3.63) is 65.5 Å². The minimum atomic E-state index is -3.54. The summed E-state index contributed by atoms with van der Waals surface area (Å²) in [5.74, 6) is -1.80. The first-order valence-electron chi connectivity index (χ1n) is 12.2. The van der Waals surface area contributed by atoms with Crippen LogP contribution in [0.5, 0.6) is 0 Å². The number of halogens is 1. The van der Waals surface area contributed by atoms with Crippen molar-refractivity contribution in [1.82, 2.24) is 9.62 Å². The smallest absolute Gasteiger partial charge is 0.248 e. The highest BCUT2D eigenvalue weighted by Crippen LogP contribution is 2.32. The summed E-state index contributed by atoms with van der Waals surface area (Å²) in [7, 11) is -3.54. The molecule has 2 aliphatic rings. The molecule has 1 N–H and O–H groups in total. The van der Waals surface area contributed by atoms with Gasteiger partial charge in [-0.15, -0.1) is 0 Å². The quantitative estimate of drug-likeness (QED) is 0.531. The van der Waals surface area contributed by atoms with Crippen LogP contribution in [0.2, 0.25) is 0 Å². The molecule has 1 aliphatic heterocycles. The van der Waals surface area contributed by atoms with Gasteiger partial charge < -0.3 is 5.32 Å². The van der Waals surface area contributed by atoms with Crippen LogP contribution in [0.1, 0.15) is 55.7 Å². The average molecular weight is 502 g/mol. The number of nitrogens with zero attached hydrogens (tertiary/aromatic N) is 2. The monoisotopic (exact) mass is 501 g/mol. The van der Waals surface area contributed by atoms with Crippen LogP contribution in [0.3, 0.4) is 0 Å². The minimum Gasteiger partial charge on any atom is -0.351 e. The number of sulfonamides is 1. The van der Waals surface area contributed by atoms with E-state index >= 15 is 0 Å². The topological polar surface area (TPSA) is 86.6 Å². The van der Waals surface area contributed by atoms with Gasteiger partial charge in [-0.25, -0.2) is 12.8 Å². The fraction of sp³-hybridized carbons (Fsp3) is 0.462. The molecule has 35 heavy (non-hydrogen) atoms. The number of hydrogen-bond donors (Lipinski definition) is 1. The highest BCUT2D eigenvalue weighted by Gasteiger charge is 2.37. The van der Waals surface area contributed by atoms with E-state index in [9.17, 15) is 22.4 Å². The summed E-state index contributed by atoms with van der Waals surface area (Å²) in [6, 6.07) is 11.7. The number of carbonyl (C=O) groups excluding carboxylic acids is 2. The summed E-state index contributed by atoms with van der Waals surface area (Å²) in [6.07, 6.45) is 4.62. The molecule has 0 bridgehead atoms. The number of nitrogens with one attached hydrogen (secondary N) is 1. The maximum absolute atomic E-state index is 14.3. The van der Waals surface area contributed by atoms with E-state index in [4.69, 9.17) is 0 Å². The van der Waals surface area contributed by atoms with E-state index in [0.717, 1.165) is 37.7 Å². The Morgan fingerprint density at radius 3 is 2.46 bits per heavy atom. The van der Waals surface area contributed by atoms with Crippen LogP contribution < -0.4 is 10.2 Å². The Labute approximate surface area is 206 Å². The highest BCUT2D eigenvalue weighted by molar-refractivity contribution is 7.89. The molecule has 7 nitrogen and oxygen atoms in total. The van der Waals surface area contributed by atoms with Gasteiger partial charge in [-0.2, -0.15) is 4.31 Å². The van der Waals surface area contributed by atoms with Crippen molar-refractivity contribution in [2.75, 3.05) is 23.7 Å². The van der Waals surface area contributed by atoms with Crippen LogP contribution in [-0.2, 0) is 19.6 Å². The van der Waals surface area contributed by atoms with E-state index < -0.39 is 27.8 Å². The summed E-state index contributed by atoms with van der Waals surface area (Å²) in [5, 5.41) is 3.11. The van der Waals surface area contributed by atoms with Gasteiger partial charge in [-0.05, 0) is 49.1 Å². The van der Waals surface area contributed by atoms with Crippen molar-refractivity contribution in [2.24, 2.45) is 0 Å². The van der Waals surface area contributed by atoms with Gasteiger partial charge in [0.15, 0.2) is 0 Å². The lowest BCUT2D eigenvalue weighted by molar-refractivity contribution is -0.127. The molecule has 2 fully saturated rings. The van der Waals surface area contributed by atoms with Crippen LogP contribution in [-0.4, -0.2) is 49.4 Å². The molecule has 1 unspecified atom stereocenters. The summed E-state index contributed by atoms with van der Waals surface area (Å²) >= 11 is 0. The largest absolute Gasteiger partial charge is 0.351 e. The molecule has 1 saturated heterocycles. The first-order chi connectivity index (χ1) is 16.8. The van der Waals surface area contributed by atoms with E-state index in [1.54, 1.807) is 18.2 Å². The molecule has 0 aromatic heterocycles. The predicted octanol–water partition coefficient (Wildman–Crippen LogP) is 3.69. The van der Waals surface area contributed by atoms with Crippen LogP contribution >= 0.6 is 0 Å². The van der Waals surface area contributed by atoms with E-state index in [2.05, 4.69) is 5.32 Å². The molecule has 0 radical (unpaired) electrons. The summed E-state index contributed by atoms with van der Waals surface area (Å²) < 4.78 is 40.4. The highest BCUT2D eigenvalue weighted by atomic mass is 32.2. The lowest BCUT2D eigenvalue weighted by Crippen LogP contribution is -2.48. The van der Waals surface area contributed by atoms with E-state index in [-0.39, 0.29) is 29.8 Å². The van der Waals surface area contributed by atoms with Gasteiger partial charge in [0, 0.05) is 31.2 Å². The Balaban J connectivity index is 1.71. The summed E-state index contributed by atoms with van der Waals surface area (Å²) in [5.41, 5.74) is 1.64. The van der Waals surface area contributed by atoms with E-state index in [1.165, 1.54) is 27.4 Å². The second-order valence-electron chi connectivity index (χ2n) is 9.31. The molecule has 2 aromatic carbocycles. The summed E-state index contributed by atoms with van der Waals surface area (Å²) in [4.78, 5) is 28.6. The number of aryl methyl sites for hydroxylation is 1. The Hall–Kier alpha value is -2.78. The van der Waals surface area contributed by atoms with Gasteiger partial charge in [0.05, 0.1) is 5.75 Å². The summed E-state index contributed by atoms with van der Waals surface area (Å²) in [6.45, 7) is 2.77. The molecule has 4 rings (SSSR count). The van der Waals surface area contributed by atoms with Gasteiger partial charge in [0.1, 0.15) is 11.9 Å². The van der Waals surface area contributed by atoms with Gasteiger partial charge in [0.2, 0.25) is 21.8 Å². The fourth-order valence-electron chi connectivity index (χ4n) is 4.67. The molecule has 1 saturated carbocycles. The molecule has 2 amide bonds. The number of hydrogen-bond acceptors (Lipinski definition) is 4. The normalized spacial score (nSPS) is 17.5. The lowest BCUT2D eigenvalue weighted by atomic mass is 9.93. The van der Waals surface area contributed by atoms with Crippen LogP contribution in [0.25, 0.3) is 0 Å². The van der Waals surface area contributed by atoms with Crippen LogP contribution in [0.15, 0.2) is 48.5 Å². The molecule has 1 aliphatic carbocycles. The van der Waals surface area contributed by atoms with Crippen molar-refractivity contribution >= 4 is 27.5 Å². The lowest BCUT2D eigenvalue weighted by Gasteiger charge is -2.34. The second-order valence-corrected chi connectivity index (χ2v) is 11.4. The zero-order chi connectivity index (χ0) is 25.0. The minimum absolute atomic E-state index is 0.00951. The van der Waals surface area contributed by atoms with Crippen molar-refractivity contribution in [3.63, 3.8) is 0 Å². The predicted molar refractivity (Wildman–Crippen MR) is 133 cm³/mol. The van der Waals surface area contributed by atoms with Gasteiger partial charge in [0.25, 0.3) is 0 Å². The molecule has 0 spiro atoms. The number of amides is 2. The van der Waals surface area contributed by atoms with Crippen molar-refractivity contribution < 1.29 is 22.4 Å². The SMILES string of the molecule is Cc1ccccc1C(C(=O)NC1CCCCC1)N(C(=O)CCS(=O)(=O)N1CC1)c1cccc(F)c1. The van der Waals surface area contributed by atoms with Gasteiger partial charge in [-0.3, -0.25) is 14.5 Å². The third-order valence-electron chi connectivity index (χ3n) is 6.67. The average Bonchev–Trinajstić information content (AvgIpc) is 3.69. The number of anilines is 1. The Morgan fingerprint density at radius 2 is 1.80 bits per heavy atom. The second kappa shape index (κ2) is 10.9.